The maximum absolute atomic E-state index is 12.0. The molecule has 0 saturated heterocycles. The first-order valence-corrected chi connectivity index (χ1v) is 6.32. The molecule has 0 unspecified atom stereocenters. The van der Waals surface area contributed by atoms with E-state index in [-0.39, 0.29) is 5.91 Å². The van der Waals surface area contributed by atoms with E-state index in [0.717, 1.165) is 23.1 Å². The van der Waals surface area contributed by atoms with E-state index < -0.39 is 0 Å². The number of amides is 1. The van der Waals surface area contributed by atoms with Crippen LogP contribution in [0.25, 0.3) is 11.0 Å². The van der Waals surface area contributed by atoms with Crippen molar-refractivity contribution in [1.82, 2.24) is 20.1 Å². The minimum atomic E-state index is -0.0952. The normalized spacial score (nSPS) is 11.3. The second-order valence-corrected chi connectivity index (χ2v) is 4.42. The van der Waals surface area contributed by atoms with Gasteiger partial charge in [-0.3, -0.25) is 9.48 Å². The number of pyridine rings is 1. The molecule has 2 aromatic rings. The molecule has 1 amide bonds. The fraction of sp³-hybridized carbons (Fsp3) is 0.357. The highest BCUT2D eigenvalue weighted by Gasteiger charge is 2.10. The van der Waals surface area contributed by atoms with Crippen LogP contribution in [-0.2, 0) is 7.05 Å². The smallest absolute Gasteiger partial charge is 0.252 e. The third kappa shape index (κ3) is 2.81. The number of nitrogens with zero attached hydrogens (tertiary/aromatic N) is 3. The molecule has 2 rings (SSSR count). The molecule has 2 heterocycles. The summed E-state index contributed by atoms with van der Waals surface area (Å²) in [6.07, 6.45) is 6.42. The van der Waals surface area contributed by atoms with Gasteiger partial charge in [0.15, 0.2) is 5.65 Å². The van der Waals surface area contributed by atoms with E-state index in [1.54, 1.807) is 10.9 Å². The molecule has 5 heteroatoms. The first-order valence-electron chi connectivity index (χ1n) is 6.32. The van der Waals surface area contributed by atoms with Gasteiger partial charge in [-0.2, -0.15) is 5.10 Å². The van der Waals surface area contributed by atoms with Crippen molar-refractivity contribution in [3.8, 4) is 0 Å². The van der Waals surface area contributed by atoms with Gasteiger partial charge in [0.25, 0.3) is 5.91 Å². The van der Waals surface area contributed by atoms with Crippen LogP contribution in [0.2, 0.25) is 0 Å². The molecule has 0 aliphatic carbocycles. The van der Waals surface area contributed by atoms with Crippen molar-refractivity contribution in [3.63, 3.8) is 0 Å². The summed E-state index contributed by atoms with van der Waals surface area (Å²) in [6, 6.07) is 1.84. The summed E-state index contributed by atoms with van der Waals surface area (Å²) in [6.45, 7) is 4.51. The monoisotopic (exact) mass is 258 g/mol. The van der Waals surface area contributed by atoms with Crippen molar-refractivity contribution >= 4 is 16.9 Å². The third-order valence-corrected chi connectivity index (χ3v) is 2.96. The number of fused-ring (bicyclic) bond motifs is 1. The first kappa shape index (κ1) is 13.3. The summed E-state index contributed by atoms with van der Waals surface area (Å²) in [5, 5.41) is 8.08. The van der Waals surface area contributed by atoms with Gasteiger partial charge in [-0.05, 0) is 26.3 Å². The Bertz CT molecular complexity index is 628. The molecule has 2 aromatic heterocycles. The van der Waals surface area contributed by atoms with Crippen LogP contribution in [0.5, 0.6) is 0 Å². The largest absolute Gasteiger partial charge is 0.352 e. The molecule has 0 atom stereocenters. The second-order valence-electron chi connectivity index (χ2n) is 4.42. The van der Waals surface area contributed by atoms with E-state index in [9.17, 15) is 4.79 Å². The summed E-state index contributed by atoms with van der Waals surface area (Å²) >= 11 is 0. The van der Waals surface area contributed by atoms with Gasteiger partial charge in [0.2, 0.25) is 0 Å². The Balaban J connectivity index is 2.16. The van der Waals surface area contributed by atoms with Crippen molar-refractivity contribution in [1.29, 1.82) is 0 Å². The van der Waals surface area contributed by atoms with E-state index in [1.807, 2.05) is 39.1 Å². The Morgan fingerprint density at radius 3 is 3.05 bits per heavy atom. The van der Waals surface area contributed by atoms with Crippen molar-refractivity contribution < 1.29 is 4.79 Å². The molecule has 0 saturated carbocycles. The van der Waals surface area contributed by atoms with Crippen LogP contribution in [-0.4, -0.2) is 27.2 Å². The van der Waals surface area contributed by atoms with Gasteiger partial charge < -0.3 is 5.32 Å². The van der Waals surface area contributed by atoms with Crippen LogP contribution >= 0.6 is 0 Å². The standard InChI is InChI=1S/C14H18N4O/c1-4-5-6-7-15-14(19)11-8-12-10(2)17-18(3)13(12)16-9-11/h4-5,8-9H,6-7H2,1-3H3,(H,15,19)/b5-4+. The van der Waals surface area contributed by atoms with E-state index in [0.29, 0.717) is 12.1 Å². The molecule has 0 aromatic carbocycles. The van der Waals surface area contributed by atoms with E-state index in [4.69, 9.17) is 0 Å². The highest BCUT2D eigenvalue weighted by atomic mass is 16.1. The number of aryl methyl sites for hydroxylation is 2. The van der Waals surface area contributed by atoms with Gasteiger partial charge in [-0.25, -0.2) is 4.98 Å². The number of carbonyl (C=O) groups is 1. The van der Waals surface area contributed by atoms with Crippen LogP contribution in [0.4, 0.5) is 0 Å². The predicted octanol–water partition coefficient (Wildman–Crippen LogP) is 1.97. The zero-order valence-corrected chi connectivity index (χ0v) is 11.5. The SMILES string of the molecule is C/C=C/CCNC(=O)c1cnc2c(c1)c(C)nn2C. The van der Waals surface area contributed by atoms with Crippen LogP contribution in [0.1, 0.15) is 29.4 Å². The Morgan fingerprint density at radius 1 is 1.53 bits per heavy atom. The van der Waals surface area contributed by atoms with E-state index in [1.165, 1.54) is 0 Å². The number of allylic oxidation sites excluding steroid dienone is 1. The molecule has 0 aliphatic heterocycles. The average molecular weight is 258 g/mol. The molecule has 5 nitrogen and oxygen atoms in total. The number of rotatable bonds is 4. The molecule has 19 heavy (non-hydrogen) atoms. The third-order valence-electron chi connectivity index (χ3n) is 2.96. The Hall–Kier alpha value is -2.17. The lowest BCUT2D eigenvalue weighted by atomic mass is 10.2. The zero-order chi connectivity index (χ0) is 13.8. The molecule has 0 aliphatic rings. The lowest BCUT2D eigenvalue weighted by molar-refractivity contribution is 0.0954. The molecule has 0 fully saturated rings. The van der Waals surface area contributed by atoms with Gasteiger partial charge in [0.05, 0.1) is 11.3 Å². The molecular weight excluding hydrogens is 240 g/mol. The molecule has 0 radical (unpaired) electrons. The van der Waals surface area contributed by atoms with Gasteiger partial charge >= 0.3 is 0 Å². The summed E-state index contributed by atoms with van der Waals surface area (Å²) in [5.74, 6) is -0.0952. The maximum atomic E-state index is 12.0. The van der Waals surface area contributed by atoms with Crippen molar-refractivity contribution in [2.75, 3.05) is 6.54 Å². The summed E-state index contributed by atoms with van der Waals surface area (Å²) in [7, 11) is 1.85. The van der Waals surface area contributed by atoms with E-state index in [2.05, 4.69) is 15.4 Å². The quantitative estimate of drug-likeness (QED) is 0.673. The average Bonchev–Trinajstić information content (AvgIpc) is 2.69. The fourth-order valence-electron chi connectivity index (χ4n) is 1.97. The molecule has 0 spiro atoms. The van der Waals surface area contributed by atoms with Gasteiger partial charge in [0.1, 0.15) is 0 Å². The molecule has 1 N–H and O–H groups in total. The minimum absolute atomic E-state index is 0.0952. The highest BCUT2D eigenvalue weighted by Crippen LogP contribution is 2.16. The molecule has 0 bridgehead atoms. The van der Waals surface area contributed by atoms with Crippen LogP contribution in [0.3, 0.4) is 0 Å². The highest BCUT2D eigenvalue weighted by molar-refractivity contribution is 5.97. The lowest BCUT2D eigenvalue weighted by Gasteiger charge is -2.03. The van der Waals surface area contributed by atoms with Gasteiger partial charge in [0, 0.05) is 25.2 Å². The van der Waals surface area contributed by atoms with Crippen LogP contribution < -0.4 is 5.32 Å². The number of aromatic nitrogens is 3. The van der Waals surface area contributed by atoms with Crippen LogP contribution in [0.15, 0.2) is 24.4 Å². The van der Waals surface area contributed by atoms with Crippen molar-refractivity contribution in [2.45, 2.75) is 20.3 Å². The zero-order valence-electron chi connectivity index (χ0n) is 11.5. The van der Waals surface area contributed by atoms with E-state index >= 15 is 0 Å². The lowest BCUT2D eigenvalue weighted by Crippen LogP contribution is -2.24. The topological polar surface area (TPSA) is 59.8 Å². The number of hydrogen-bond donors (Lipinski definition) is 1. The number of nitrogens with one attached hydrogen (secondary N) is 1. The Morgan fingerprint density at radius 2 is 2.32 bits per heavy atom. The Kier molecular flexibility index (Phi) is 3.94. The van der Waals surface area contributed by atoms with Crippen molar-refractivity contribution in [3.05, 3.63) is 35.7 Å². The summed E-state index contributed by atoms with van der Waals surface area (Å²) < 4.78 is 1.72. The number of hydrogen-bond acceptors (Lipinski definition) is 3. The van der Waals surface area contributed by atoms with Gasteiger partial charge in [-0.1, -0.05) is 12.2 Å². The Labute approximate surface area is 112 Å². The van der Waals surface area contributed by atoms with Crippen LogP contribution in [0, 0.1) is 6.92 Å². The molecular formula is C14H18N4O. The van der Waals surface area contributed by atoms with Crippen molar-refractivity contribution in [2.24, 2.45) is 7.05 Å². The summed E-state index contributed by atoms with van der Waals surface area (Å²) in [4.78, 5) is 16.3. The maximum Gasteiger partial charge on any atom is 0.252 e. The molecule has 100 valence electrons. The van der Waals surface area contributed by atoms with Gasteiger partial charge in [-0.15, -0.1) is 0 Å². The minimum Gasteiger partial charge on any atom is -0.352 e. The second kappa shape index (κ2) is 5.65. The fourth-order valence-corrected chi connectivity index (χ4v) is 1.97. The number of carbonyl (C=O) groups excluding carboxylic acids is 1. The summed E-state index contributed by atoms with van der Waals surface area (Å²) in [5.41, 5.74) is 2.25. The first-order chi connectivity index (χ1) is 9.13. The predicted molar refractivity (Wildman–Crippen MR) is 75.0 cm³/mol.